The molecule has 0 radical (unpaired) electrons. The van der Waals surface area contributed by atoms with Gasteiger partial charge in [-0.1, -0.05) is 18.2 Å². The molecule has 0 aromatic heterocycles. The van der Waals surface area contributed by atoms with Gasteiger partial charge in [-0.15, -0.1) is 0 Å². The third-order valence-corrected chi connectivity index (χ3v) is 6.99. The van der Waals surface area contributed by atoms with E-state index in [0.717, 1.165) is 80.4 Å². The highest BCUT2D eigenvalue weighted by Gasteiger charge is 2.22. The minimum absolute atomic E-state index is 0.234. The van der Waals surface area contributed by atoms with Crippen LogP contribution in [0.25, 0.3) is 5.57 Å². The van der Waals surface area contributed by atoms with Crippen LogP contribution in [0.3, 0.4) is 0 Å². The van der Waals surface area contributed by atoms with Gasteiger partial charge in [-0.05, 0) is 72.2 Å². The number of hydrogen-bond acceptors (Lipinski definition) is 4. The van der Waals surface area contributed by atoms with Crippen LogP contribution in [0.5, 0.6) is 5.75 Å². The quantitative estimate of drug-likeness (QED) is 0.473. The van der Waals surface area contributed by atoms with Gasteiger partial charge in [-0.3, -0.25) is 4.90 Å². The fraction of sp³-hybridized carbons (Fsp3) is 0.310. The first kappa shape index (κ1) is 23.4. The van der Waals surface area contributed by atoms with E-state index >= 15 is 0 Å². The van der Waals surface area contributed by atoms with Crippen molar-refractivity contribution < 1.29 is 13.5 Å². The number of nitrogens with zero attached hydrogens (tertiary/aromatic N) is 3. The van der Waals surface area contributed by atoms with Crippen molar-refractivity contribution in [2.45, 2.75) is 6.42 Å². The second-order valence-electron chi connectivity index (χ2n) is 9.09. The van der Waals surface area contributed by atoms with E-state index in [1.54, 1.807) is 25.3 Å². The lowest BCUT2D eigenvalue weighted by molar-refractivity contribution is 0.262. The van der Waals surface area contributed by atoms with E-state index in [-0.39, 0.29) is 11.6 Å². The van der Waals surface area contributed by atoms with Crippen LogP contribution in [0.2, 0.25) is 0 Å². The van der Waals surface area contributed by atoms with Crippen LogP contribution in [0.4, 0.5) is 20.2 Å². The van der Waals surface area contributed by atoms with Crippen molar-refractivity contribution in [3.8, 4) is 5.75 Å². The maximum Gasteiger partial charge on any atom is 0.125 e. The summed E-state index contributed by atoms with van der Waals surface area (Å²) >= 11 is 0. The number of anilines is 2. The number of piperazine rings is 1. The lowest BCUT2D eigenvalue weighted by Crippen LogP contribution is -2.48. The zero-order valence-corrected chi connectivity index (χ0v) is 20.1. The molecule has 1 saturated heterocycles. The molecule has 3 aromatic carbocycles. The van der Waals surface area contributed by atoms with Gasteiger partial charge < -0.3 is 14.5 Å². The molecule has 2 aliphatic heterocycles. The van der Waals surface area contributed by atoms with Crippen LogP contribution in [0.15, 0.2) is 72.8 Å². The molecule has 4 nitrogen and oxygen atoms in total. The Bertz CT molecular complexity index is 1170. The third-order valence-electron chi connectivity index (χ3n) is 6.99. The minimum Gasteiger partial charge on any atom is -0.497 e. The molecule has 2 aliphatic rings. The topological polar surface area (TPSA) is 19.0 Å². The van der Waals surface area contributed by atoms with Crippen LogP contribution in [0.1, 0.15) is 17.5 Å². The van der Waals surface area contributed by atoms with Crippen molar-refractivity contribution in [3.05, 3.63) is 95.6 Å². The Kier molecular flexibility index (Phi) is 7.00. The molecule has 0 saturated carbocycles. The molecule has 0 N–H and O–H groups in total. The van der Waals surface area contributed by atoms with Gasteiger partial charge in [-0.2, -0.15) is 0 Å². The smallest absolute Gasteiger partial charge is 0.125 e. The summed E-state index contributed by atoms with van der Waals surface area (Å²) in [5, 5.41) is 0. The van der Waals surface area contributed by atoms with Gasteiger partial charge in [0.15, 0.2) is 0 Å². The lowest BCUT2D eigenvalue weighted by atomic mass is 9.96. The van der Waals surface area contributed by atoms with Crippen molar-refractivity contribution in [1.29, 1.82) is 0 Å². The fourth-order valence-electron chi connectivity index (χ4n) is 5.01. The Morgan fingerprint density at radius 2 is 1.49 bits per heavy atom. The number of hydrogen-bond donors (Lipinski definition) is 0. The molecule has 0 atom stereocenters. The number of ether oxygens (including phenoxy) is 1. The van der Waals surface area contributed by atoms with Gasteiger partial charge in [-0.25, -0.2) is 8.78 Å². The summed E-state index contributed by atoms with van der Waals surface area (Å²) in [4.78, 5) is 7.19. The Balaban J connectivity index is 1.24. The van der Waals surface area contributed by atoms with E-state index in [9.17, 15) is 8.78 Å². The first-order valence-corrected chi connectivity index (χ1v) is 12.2. The molecule has 0 unspecified atom stereocenters. The summed E-state index contributed by atoms with van der Waals surface area (Å²) in [5.74, 6) is 0.386. The first-order valence-electron chi connectivity index (χ1n) is 12.2. The zero-order valence-electron chi connectivity index (χ0n) is 20.1. The minimum atomic E-state index is -0.254. The van der Waals surface area contributed by atoms with E-state index < -0.39 is 0 Å². The Morgan fingerprint density at radius 1 is 0.771 bits per heavy atom. The zero-order chi connectivity index (χ0) is 24.2. The van der Waals surface area contributed by atoms with Crippen LogP contribution >= 0.6 is 0 Å². The number of fused-ring (bicyclic) bond motifs is 1. The van der Waals surface area contributed by atoms with E-state index in [2.05, 4.69) is 32.9 Å². The average molecular weight is 476 g/mol. The second-order valence-corrected chi connectivity index (χ2v) is 9.09. The largest absolute Gasteiger partial charge is 0.497 e. The van der Waals surface area contributed by atoms with Crippen LogP contribution < -0.4 is 14.5 Å². The van der Waals surface area contributed by atoms with Gasteiger partial charge in [0.2, 0.25) is 0 Å². The molecule has 0 bridgehead atoms. The summed E-state index contributed by atoms with van der Waals surface area (Å²) < 4.78 is 33.1. The molecular weight excluding hydrogens is 444 g/mol. The van der Waals surface area contributed by atoms with Crippen molar-refractivity contribution in [2.24, 2.45) is 0 Å². The van der Waals surface area contributed by atoms with E-state index in [1.807, 2.05) is 18.2 Å². The van der Waals surface area contributed by atoms with Gasteiger partial charge in [0.1, 0.15) is 17.4 Å². The Hall–Kier alpha value is -3.38. The standard InChI is InChI=1S/C29H31F2N3O/c1-35-26-11-9-25(10-12-26)33-18-15-32(16-19-33)17-20-34-14-2-3-27(22-4-6-23(30)7-5-22)28-13-8-24(31)21-29(28)34/h3-13,21H,2,14-20H2,1H3. The molecular formula is C29H31F2N3O. The maximum atomic E-state index is 14.3. The molecule has 35 heavy (non-hydrogen) atoms. The highest BCUT2D eigenvalue weighted by atomic mass is 19.1. The number of benzene rings is 3. The summed E-state index contributed by atoms with van der Waals surface area (Å²) in [7, 11) is 1.69. The third kappa shape index (κ3) is 5.33. The van der Waals surface area contributed by atoms with Crippen LogP contribution in [0, 0.1) is 11.6 Å². The molecule has 182 valence electrons. The monoisotopic (exact) mass is 475 g/mol. The Labute approximate surface area is 206 Å². The maximum absolute atomic E-state index is 14.3. The average Bonchev–Trinajstić information content (AvgIpc) is 3.07. The highest BCUT2D eigenvalue weighted by molar-refractivity contribution is 5.87. The predicted octanol–water partition coefficient (Wildman–Crippen LogP) is 5.44. The van der Waals surface area contributed by atoms with Gasteiger partial charge in [0.25, 0.3) is 0 Å². The molecule has 0 spiro atoms. The van der Waals surface area contributed by atoms with Crippen molar-refractivity contribution in [1.82, 2.24) is 4.90 Å². The van der Waals surface area contributed by atoms with E-state index in [4.69, 9.17) is 4.74 Å². The summed E-state index contributed by atoms with van der Waals surface area (Å²) in [6.45, 7) is 6.54. The molecule has 5 rings (SSSR count). The lowest BCUT2D eigenvalue weighted by Gasteiger charge is -2.37. The summed E-state index contributed by atoms with van der Waals surface area (Å²) in [6, 6.07) is 19.8. The van der Waals surface area contributed by atoms with Gasteiger partial charge in [0.05, 0.1) is 7.11 Å². The van der Waals surface area contributed by atoms with Gasteiger partial charge >= 0.3 is 0 Å². The molecule has 1 fully saturated rings. The highest BCUT2D eigenvalue weighted by Crippen LogP contribution is 2.35. The van der Waals surface area contributed by atoms with Crippen LogP contribution in [-0.2, 0) is 0 Å². The van der Waals surface area contributed by atoms with Crippen molar-refractivity contribution >= 4 is 16.9 Å². The van der Waals surface area contributed by atoms with Crippen LogP contribution in [-0.4, -0.2) is 57.8 Å². The summed E-state index contributed by atoms with van der Waals surface area (Å²) in [5.41, 5.74) is 5.13. The van der Waals surface area contributed by atoms with Crippen molar-refractivity contribution in [3.63, 3.8) is 0 Å². The second kappa shape index (κ2) is 10.5. The number of methoxy groups -OCH3 is 1. The van der Waals surface area contributed by atoms with E-state index in [0.29, 0.717) is 0 Å². The first-order chi connectivity index (χ1) is 17.1. The van der Waals surface area contributed by atoms with Gasteiger partial charge in [0, 0.05) is 62.8 Å². The normalized spacial score (nSPS) is 16.5. The summed E-state index contributed by atoms with van der Waals surface area (Å²) in [6.07, 6.45) is 3.05. The SMILES string of the molecule is COc1ccc(N2CCN(CCN3CCC=C(c4ccc(F)cc4)c4ccc(F)cc43)CC2)cc1. The molecule has 3 aromatic rings. The molecule has 2 heterocycles. The molecule has 0 amide bonds. The molecule has 6 heteroatoms. The number of halogens is 2. The van der Waals surface area contributed by atoms with E-state index in [1.165, 1.54) is 23.9 Å². The molecule has 0 aliphatic carbocycles. The van der Waals surface area contributed by atoms with Crippen molar-refractivity contribution in [2.75, 3.05) is 62.7 Å². The number of rotatable bonds is 6. The predicted molar refractivity (Wildman–Crippen MR) is 138 cm³/mol. The fourth-order valence-corrected chi connectivity index (χ4v) is 5.01. The Morgan fingerprint density at radius 3 is 2.20 bits per heavy atom.